The van der Waals surface area contributed by atoms with Gasteiger partial charge in [-0.2, -0.15) is 5.26 Å². The number of aliphatic imine (C=N–C) groups is 1. The first-order chi connectivity index (χ1) is 22.2. The minimum Gasteiger partial charge on any atom is -0.504 e. The highest BCUT2D eigenvalue weighted by Gasteiger charge is 2.38. The molecule has 0 bridgehead atoms. The van der Waals surface area contributed by atoms with E-state index in [0.29, 0.717) is 5.71 Å². The van der Waals surface area contributed by atoms with Crippen molar-refractivity contribution in [3.63, 3.8) is 0 Å². The van der Waals surface area contributed by atoms with Crippen LogP contribution in [0.25, 0.3) is 22.3 Å². The number of anilines is 1. The summed E-state index contributed by atoms with van der Waals surface area (Å²) in [5.74, 6) is -4.54. The van der Waals surface area contributed by atoms with E-state index in [0.717, 1.165) is 0 Å². The molecule has 4 atom stereocenters. The van der Waals surface area contributed by atoms with E-state index in [1.165, 1.54) is 16.7 Å². The zero-order valence-electron chi connectivity index (χ0n) is 26.2. The van der Waals surface area contributed by atoms with Crippen molar-refractivity contribution < 1.29 is 18.7 Å². The molecule has 9 nitrogen and oxygen atoms in total. The fourth-order valence-corrected chi connectivity index (χ4v) is 7.36. The maximum atomic E-state index is 14.9. The summed E-state index contributed by atoms with van der Waals surface area (Å²) < 4.78 is 31.2. The number of fused-ring (bicyclic) bond motifs is 1. The summed E-state index contributed by atoms with van der Waals surface area (Å²) in [5, 5.41) is 19.6. The Morgan fingerprint density at radius 2 is 1.79 bits per heavy atom. The van der Waals surface area contributed by atoms with Gasteiger partial charge in [0.2, 0.25) is 5.91 Å². The standard InChI is InChI=1S/C33H31Cl3F2N6O3/c1-7-21(45)43-16(5)12-42(13-17(43)6)30-18-10-20(34)28(22-23(35)25(37)24(36)26(38)31(22)46)41-32(18)44(33(47)19(30)11-39)29-15(4)8-9-40-27(29)14(2)3/h7-10,14-17,29,46H,1,12-13H2,2-6H3/t15-,16-,17+,29?/m1/s1. The number of phenols is 1. The first-order valence-electron chi connectivity index (χ1n) is 14.8. The Labute approximate surface area is 285 Å². The van der Waals surface area contributed by atoms with Gasteiger partial charge in [0.15, 0.2) is 17.4 Å². The maximum Gasteiger partial charge on any atom is 0.272 e. The number of halogens is 5. The third kappa shape index (κ3) is 5.56. The summed E-state index contributed by atoms with van der Waals surface area (Å²) in [6, 6.07) is 2.14. The number of carbonyl (C=O) groups is 1. The molecule has 1 fully saturated rings. The Morgan fingerprint density at radius 1 is 1.15 bits per heavy atom. The van der Waals surface area contributed by atoms with Crippen LogP contribution in [0, 0.1) is 34.8 Å². The van der Waals surface area contributed by atoms with Gasteiger partial charge < -0.3 is 14.9 Å². The number of hydrogen-bond donors (Lipinski definition) is 1. The Hall–Kier alpha value is -3.98. The highest BCUT2D eigenvalue weighted by atomic mass is 35.5. The number of benzene rings is 1. The number of amides is 1. The van der Waals surface area contributed by atoms with Crippen LogP contribution in [-0.2, 0) is 4.79 Å². The van der Waals surface area contributed by atoms with E-state index < -0.39 is 44.6 Å². The lowest BCUT2D eigenvalue weighted by molar-refractivity contribution is -0.130. The number of nitrogens with zero attached hydrogens (tertiary/aromatic N) is 6. The molecule has 14 heteroatoms. The van der Waals surface area contributed by atoms with Gasteiger partial charge in [0.25, 0.3) is 5.56 Å². The summed E-state index contributed by atoms with van der Waals surface area (Å²) in [5.41, 5.74) is -0.840. The quantitative estimate of drug-likeness (QED) is 0.170. The fraction of sp³-hybridized carbons (Fsp3) is 0.364. The van der Waals surface area contributed by atoms with Crippen LogP contribution in [0.1, 0.15) is 46.2 Å². The fourth-order valence-electron chi connectivity index (χ4n) is 6.61. The molecule has 5 rings (SSSR count). The molecule has 1 N–H and O–H groups in total. The van der Waals surface area contributed by atoms with Crippen molar-refractivity contribution in [1.29, 1.82) is 5.26 Å². The number of nitriles is 1. The molecule has 0 radical (unpaired) electrons. The number of pyridine rings is 2. The van der Waals surface area contributed by atoms with Crippen molar-refractivity contribution in [2.24, 2.45) is 16.8 Å². The van der Waals surface area contributed by atoms with Crippen LogP contribution in [0.2, 0.25) is 15.1 Å². The summed E-state index contributed by atoms with van der Waals surface area (Å²) >= 11 is 18.7. The molecule has 0 saturated carbocycles. The Bertz CT molecular complexity index is 1960. The molecule has 2 aromatic heterocycles. The molecule has 246 valence electrons. The lowest BCUT2D eigenvalue weighted by Gasteiger charge is -2.45. The number of allylic oxidation sites excluding steroid dienone is 1. The third-order valence-electron chi connectivity index (χ3n) is 8.65. The summed E-state index contributed by atoms with van der Waals surface area (Å²) in [7, 11) is 0. The van der Waals surface area contributed by atoms with E-state index in [1.807, 2.05) is 45.6 Å². The maximum absolute atomic E-state index is 14.9. The zero-order valence-corrected chi connectivity index (χ0v) is 28.4. The number of rotatable bonds is 5. The summed E-state index contributed by atoms with van der Waals surface area (Å²) in [4.78, 5) is 40.0. The predicted octanol–water partition coefficient (Wildman–Crippen LogP) is 7.29. The van der Waals surface area contributed by atoms with Crippen LogP contribution in [0.15, 0.2) is 40.8 Å². The van der Waals surface area contributed by atoms with Gasteiger partial charge in [-0.25, -0.2) is 13.8 Å². The molecular formula is C33H31Cl3F2N6O3. The molecule has 4 heterocycles. The van der Waals surface area contributed by atoms with Gasteiger partial charge >= 0.3 is 0 Å². The second kappa shape index (κ2) is 12.9. The van der Waals surface area contributed by atoms with Gasteiger partial charge in [-0.1, -0.05) is 68.2 Å². The van der Waals surface area contributed by atoms with Gasteiger partial charge in [0.05, 0.1) is 33.0 Å². The smallest absolute Gasteiger partial charge is 0.272 e. The molecule has 1 saturated heterocycles. The molecule has 0 spiro atoms. The van der Waals surface area contributed by atoms with Gasteiger partial charge in [-0.15, -0.1) is 0 Å². The van der Waals surface area contributed by atoms with Crippen LogP contribution < -0.4 is 10.5 Å². The van der Waals surface area contributed by atoms with E-state index in [2.05, 4.69) is 22.6 Å². The number of hydrogen-bond acceptors (Lipinski definition) is 7. The summed E-state index contributed by atoms with van der Waals surface area (Å²) in [6.07, 6.45) is 4.71. The Balaban J connectivity index is 1.91. The number of aromatic hydroxyl groups is 1. The number of piperazine rings is 1. The van der Waals surface area contributed by atoms with Gasteiger partial charge in [-0.05, 0) is 31.9 Å². The minimum atomic E-state index is -1.46. The molecule has 2 aliphatic rings. The summed E-state index contributed by atoms with van der Waals surface area (Å²) in [6.45, 7) is 13.5. The molecule has 1 aromatic carbocycles. The average Bonchev–Trinajstić information content (AvgIpc) is 3.02. The second-order valence-electron chi connectivity index (χ2n) is 12.1. The van der Waals surface area contributed by atoms with Crippen molar-refractivity contribution in [2.45, 2.75) is 52.7 Å². The highest BCUT2D eigenvalue weighted by Crippen LogP contribution is 2.46. The monoisotopic (exact) mass is 702 g/mol. The second-order valence-corrected chi connectivity index (χ2v) is 13.2. The van der Waals surface area contributed by atoms with Crippen molar-refractivity contribution in [3.05, 3.63) is 73.6 Å². The number of aromatic nitrogens is 2. The normalized spacial score (nSPS) is 21.3. The van der Waals surface area contributed by atoms with Crippen LogP contribution in [-0.4, -0.2) is 56.3 Å². The molecule has 3 aromatic rings. The van der Waals surface area contributed by atoms with E-state index in [9.17, 15) is 28.7 Å². The molecular weight excluding hydrogens is 673 g/mol. The lowest BCUT2D eigenvalue weighted by Crippen LogP contribution is -2.58. The van der Waals surface area contributed by atoms with Crippen LogP contribution in [0.3, 0.4) is 0 Å². The molecule has 47 heavy (non-hydrogen) atoms. The van der Waals surface area contributed by atoms with Crippen molar-refractivity contribution in [3.8, 4) is 23.1 Å². The SMILES string of the molecule is C=CC(=O)N1[C@H](C)CN(c2c(C#N)c(=O)n(C3C(C(C)C)=NC=C[C@H]3C)c3nc(-c4c(O)c(F)c(Cl)c(F)c4Cl)c(Cl)cc23)C[C@@H]1C. The lowest BCUT2D eigenvalue weighted by atomic mass is 9.88. The molecule has 2 aliphatic heterocycles. The van der Waals surface area contributed by atoms with Gasteiger partial charge in [0, 0.05) is 48.4 Å². The number of phenolic OH excluding ortho intramolecular Hbond substituents is 1. The zero-order chi connectivity index (χ0) is 34.6. The first-order valence-corrected chi connectivity index (χ1v) is 16.0. The molecule has 1 amide bonds. The topological polar surface area (TPSA) is 115 Å². The highest BCUT2D eigenvalue weighted by molar-refractivity contribution is 6.39. The third-order valence-corrected chi connectivity index (χ3v) is 9.62. The first kappa shape index (κ1) is 34.4. The van der Waals surface area contributed by atoms with E-state index >= 15 is 0 Å². The van der Waals surface area contributed by atoms with E-state index in [4.69, 9.17) is 34.8 Å². The number of carbonyl (C=O) groups excluding carboxylic acids is 1. The Morgan fingerprint density at radius 3 is 2.36 bits per heavy atom. The van der Waals surface area contributed by atoms with E-state index in [1.54, 1.807) is 11.1 Å². The van der Waals surface area contributed by atoms with Gasteiger partial charge in [-0.3, -0.25) is 19.1 Å². The van der Waals surface area contributed by atoms with Crippen LogP contribution in [0.4, 0.5) is 14.5 Å². The van der Waals surface area contributed by atoms with Crippen molar-refractivity contribution in [1.82, 2.24) is 14.5 Å². The van der Waals surface area contributed by atoms with Crippen LogP contribution >= 0.6 is 34.8 Å². The van der Waals surface area contributed by atoms with Crippen LogP contribution in [0.5, 0.6) is 5.75 Å². The predicted molar refractivity (Wildman–Crippen MR) is 181 cm³/mol. The minimum absolute atomic E-state index is 0.0139. The van der Waals surface area contributed by atoms with Crippen molar-refractivity contribution in [2.75, 3.05) is 18.0 Å². The van der Waals surface area contributed by atoms with Crippen molar-refractivity contribution >= 4 is 63.1 Å². The largest absolute Gasteiger partial charge is 0.504 e. The molecule has 1 unspecified atom stereocenters. The van der Waals surface area contributed by atoms with E-state index in [-0.39, 0.29) is 75.9 Å². The Kier molecular flexibility index (Phi) is 9.43. The van der Waals surface area contributed by atoms with Gasteiger partial charge in [0.1, 0.15) is 22.3 Å². The average molecular weight is 704 g/mol. The molecule has 0 aliphatic carbocycles.